The molecule has 4 rings (SSSR count). The molecule has 2 aromatic carbocycles. The molecular weight excluding hydrogens is 468 g/mol. The fourth-order valence-electron chi connectivity index (χ4n) is 3.95. The van der Waals surface area contributed by atoms with Crippen LogP contribution in [0.1, 0.15) is 39.1 Å². The lowest BCUT2D eigenvalue weighted by Gasteiger charge is -2.34. The van der Waals surface area contributed by atoms with Gasteiger partial charge in [0.05, 0.1) is 21.3 Å². The Morgan fingerprint density at radius 3 is 2.41 bits per heavy atom. The van der Waals surface area contributed by atoms with Crippen LogP contribution in [0.5, 0.6) is 0 Å². The van der Waals surface area contributed by atoms with Gasteiger partial charge in [-0.05, 0) is 61.7 Å². The van der Waals surface area contributed by atoms with Crippen LogP contribution >= 0.6 is 11.3 Å². The second kappa shape index (κ2) is 10.2. The first kappa shape index (κ1) is 24.4. The Kier molecular flexibility index (Phi) is 7.35. The van der Waals surface area contributed by atoms with Crippen LogP contribution in [0.2, 0.25) is 0 Å². The van der Waals surface area contributed by atoms with Gasteiger partial charge in [-0.25, -0.2) is 13.4 Å². The molecule has 0 bridgehead atoms. The minimum Gasteiger partial charge on any atom is -0.336 e. The van der Waals surface area contributed by atoms with E-state index in [2.05, 4.69) is 26.9 Å². The summed E-state index contributed by atoms with van der Waals surface area (Å²) in [6, 6.07) is 11.7. The Bertz CT molecular complexity index is 1260. The van der Waals surface area contributed by atoms with Crippen LogP contribution in [0.3, 0.4) is 0 Å². The van der Waals surface area contributed by atoms with E-state index >= 15 is 0 Å². The van der Waals surface area contributed by atoms with Crippen molar-refractivity contribution in [3.63, 3.8) is 0 Å². The number of amides is 1. The average molecular weight is 499 g/mol. The molecule has 0 saturated carbocycles. The molecule has 0 aliphatic carbocycles. The predicted octanol–water partition coefficient (Wildman–Crippen LogP) is 4.08. The summed E-state index contributed by atoms with van der Waals surface area (Å²) in [6.07, 6.45) is 0.953. The number of aromatic nitrogens is 1. The number of thiazole rings is 1. The molecule has 2 heterocycles. The second-order valence-corrected chi connectivity index (χ2v) is 11.2. The Morgan fingerprint density at radius 1 is 1.06 bits per heavy atom. The average Bonchev–Trinajstić information content (AvgIpc) is 3.29. The molecule has 0 unspecified atom stereocenters. The van der Waals surface area contributed by atoms with Crippen molar-refractivity contribution in [2.75, 3.05) is 30.9 Å². The molecule has 1 fully saturated rings. The third kappa shape index (κ3) is 5.48. The van der Waals surface area contributed by atoms with Gasteiger partial charge in [-0.3, -0.25) is 14.4 Å². The van der Waals surface area contributed by atoms with E-state index in [9.17, 15) is 13.2 Å². The van der Waals surface area contributed by atoms with Crippen molar-refractivity contribution in [3.05, 3.63) is 75.2 Å². The normalized spacial score (nSPS) is 14.9. The maximum Gasteiger partial charge on any atom is 0.261 e. The summed E-state index contributed by atoms with van der Waals surface area (Å²) in [7, 11) is -3.74. The van der Waals surface area contributed by atoms with Crippen molar-refractivity contribution in [1.29, 1.82) is 0 Å². The van der Waals surface area contributed by atoms with E-state index < -0.39 is 10.0 Å². The van der Waals surface area contributed by atoms with Crippen LogP contribution < -0.4 is 4.72 Å². The first-order valence-corrected chi connectivity index (χ1v) is 13.8. The van der Waals surface area contributed by atoms with Crippen molar-refractivity contribution < 1.29 is 13.2 Å². The molecule has 3 aromatic rings. The topological polar surface area (TPSA) is 82.6 Å². The third-order valence-electron chi connectivity index (χ3n) is 6.21. The highest BCUT2D eigenvalue weighted by Gasteiger charge is 2.23. The third-order valence-corrected chi connectivity index (χ3v) is 8.63. The van der Waals surface area contributed by atoms with Crippen LogP contribution in [0.4, 0.5) is 5.69 Å². The number of piperazine rings is 1. The molecular formula is C25H30N4O3S2. The molecule has 34 heavy (non-hydrogen) atoms. The highest BCUT2D eigenvalue weighted by molar-refractivity contribution is 7.92. The largest absolute Gasteiger partial charge is 0.336 e. The number of hydrogen-bond donors (Lipinski definition) is 1. The van der Waals surface area contributed by atoms with Crippen LogP contribution in [0.15, 0.2) is 52.7 Å². The van der Waals surface area contributed by atoms with Gasteiger partial charge in [0.2, 0.25) is 0 Å². The summed E-state index contributed by atoms with van der Waals surface area (Å²) in [5.41, 5.74) is 4.04. The summed E-state index contributed by atoms with van der Waals surface area (Å²) in [5, 5.41) is 3.26. The fourth-order valence-corrected chi connectivity index (χ4v) is 5.81. The molecule has 1 N–H and O–H groups in total. The molecule has 1 aliphatic rings. The van der Waals surface area contributed by atoms with Crippen molar-refractivity contribution in [1.82, 2.24) is 14.8 Å². The molecule has 1 amide bonds. The highest BCUT2D eigenvalue weighted by Crippen LogP contribution is 2.23. The number of carbonyl (C=O) groups excluding carboxylic acids is 1. The quantitative estimate of drug-likeness (QED) is 0.531. The lowest BCUT2D eigenvalue weighted by Crippen LogP contribution is -2.48. The predicted molar refractivity (Wildman–Crippen MR) is 136 cm³/mol. The number of aryl methyl sites for hydroxylation is 2. The number of hydrogen-bond acceptors (Lipinski definition) is 6. The highest BCUT2D eigenvalue weighted by atomic mass is 32.2. The van der Waals surface area contributed by atoms with Crippen molar-refractivity contribution >= 4 is 33.0 Å². The van der Waals surface area contributed by atoms with Gasteiger partial charge in [-0.15, -0.1) is 11.3 Å². The van der Waals surface area contributed by atoms with E-state index in [4.69, 9.17) is 0 Å². The van der Waals surface area contributed by atoms with E-state index in [1.54, 1.807) is 29.5 Å². The first-order chi connectivity index (χ1) is 16.3. The molecule has 1 saturated heterocycles. The maximum absolute atomic E-state index is 13.0. The Labute approximate surface area is 205 Å². The number of rotatable bonds is 7. The molecule has 0 spiro atoms. The molecule has 1 aliphatic heterocycles. The second-order valence-electron chi connectivity index (χ2n) is 8.53. The Morgan fingerprint density at radius 2 is 1.76 bits per heavy atom. The summed E-state index contributed by atoms with van der Waals surface area (Å²) in [5.74, 6) is -0.0759. The molecule has 0 atom stereocenters. The zero-order valence-corrected chi connectivity index (χ0v) is 21.4. The summed E-state index contributed by atoms with van der Waals surface area (Å²) < 4.78 is 28.3. The van der Waals surface area contributed by atoms with Gasteiger partial charge in [0.1, 0.15) is 0 Å². The van der Waals surface area contributed by atoms with Gasteiger partial charge in [0.15, 0.2) is 0 Å². The minimum absolute atomic E-state index is 0.0759. The number of carbonyl (C=O) groups is 1. The number of anilines is 1. The van der Waals surface area contributed by atoms with E-state index in [0.717, 1.165) is 47.9 Å². The van der Waals surface area contributed by atoms with Gasteiger partial charge in [0.25, 0.3) is 15.9 Å². The molecule has 1 aromatic heterocycles. The SMILES string of the molecule is CCc1nc(CN2CCN(C(=O)c3ccc(S(=O)(=O)Nc4cccc(C)c4C)cc3)CC2)cs1. The maximum atomic E-state index is 13.0. The van der Waals surface area contributed by atoms with Gasteiger partial charge < -0.3 is 4.90 Å². The minimum atomic E-state index is -3.74. The number of nitrogens with one attached hydrogen (secondary N) is 1. The van der Waals surface area contributed by atoms with Crippen LogP contribution in [-0.4, -0.2) is 55.3 Å². The van der Waals surface area contributed by atoms with Crippen molar-refractivity contribution in [2.24, 2.45) is 0 Å². The van der Waals surface area contributed by atoms with E-state index in [0.29, 0.717) is 24.3 Å². The molecule has 9 heteroatoms. The van der Waals surface area contributed by atoms with Crippen LogP contribution in [0, 0.1) is 13.8 Å². The number of sulfonamides is 1. The van der Waals surface area contributed by atoms with E-state index in [1.807, 2.05) is 30.9 Å². The summed E-state index contributed by atoms with van der Waals surface area (Å²) in [6.45, 7) is 9.58. The van der Waals surface area contributed by atoms with Crippen LogP contribution in [0.25, 0.3) is 0 Å². The Balaban J connectivity index is 1.36. The lowest BCUT2D eigenvalue weighted by atomic mass is 10.1. The Hall–Kier alpha value is -2.75. The summed E-state index contributed by atoms with van der Waals surface area (Å²) in [4.78, 5) is 21.9. The standard InChI is InChI=1S/C25H30N4O3S2/c1-4-24-26-21(17-33-24)16-28-12-14-29(15-13-28)25(30)20-8-10-22(11-9-20)34(31,32)27-23-7-5-6-18(2)19(23)3/h5-11,17,27H,4,12-16H2,1-3H3. The van der Waals surface area contributed by atoms with Gasteiger partial charge in [-0.2, -0.15) is 0 Å². The van der Waals surface area contributed by atoms with Crippen LogP contribution in [-0.2, 0) is 23.0 Å². The molecule has 180 valence electrons. The van der Waals surface area contributed by atoms with Crippen molar-refractivity contribution in [2.45, 2.75) is 38.6 Å². The monoisotopic (exact) mass is 498 g/mol. The summed E-state index contributed by atoms with van der Waals surface area (Å²) >= 11 is 1.70. The lowest BCUT2D eigenvalue weighted by molar-refractivity contribution is 0.0627. The zero-order valence-electron chi connectivity index (χ0n) is 19.7. The van der Waals surface area contributed by atoms with E-state index in [-0.39, 0.29) is 10.8 Å². The first-order valence-electron chi connectivity index (χ1n) is 11.4. The number of nitrogens with zero attached hydrogens (tertiary/aromatic N) is 3. The van der Waals surface area contributed by atoms with E-state index in [1.165, 1.54) is 12.1 Å². The van der Waals surface area contributed by atoms with Crippen molar-refractivity contribution in [3.8, 4) is 0 Å². The number of benzene rings is 2. The molecule has 7 nitrogen and oxygen atoms in total. The molecule has 0 radical (unpaired) electrons. The smallest absolute Gasteiger partial charge is 0.261 e. The van der Waals surface area contributed by atoms with Gasteiger partial charge in [0, 0.05) is 43.7 Å². The van der Waals surface area contributed by atoms with Gasteiger partial charge in [-0.1, -0.05) is 19.1 Å². The zero-order chi connectivity index (χ0) is 24.3. The fraction of sp³-hybridized carbons (Fsp3) is 0.360. The van der Waals surface area contributed by atoms with Gasteiger partial charge >= 0.3 is 0 Å².